The third-order valence-electron chi connectivity index (χ3n) is 5.01. The highest BCUT2D eigenvalue weighted by molar-refractivity contribution is 7.99. The maximum Gasteiger partial charge on any atom is 0.337 e. The molecule has 0 aliphatic rings. The van der Waals surface area contributed by atoms with Gasteiger partial charge in [-0.15, -0.1) is 0 Å². The van der Waals surface area contributed by atoms with Gasteiger partial charge in [-0.2, -0.15) is 0 Å². The van der Waals surface area contributed by atoms with Crippen LogP contribution in [0.15, 0.2) is 76.7 Å². The molecular weight excluding hydrogens is 474 g/mol. The summed E-state index contributed by atoms with van der Waals surface area (Å²) >= 11 is 7.33. The number of anilines is 1. The van der Waals surface area contributed by atoms with Gasteiger partial charge < -0.3 is 10.1 Å². The molecule has 0 unspecified atom stereocenters. The molecule has 0 spiro atoms. The summed E-state index contributed by atoms with van der Waals surface area (Å²) < 4.78 is 6.23. The molecule has 0 fully saturated rings. The summed E-state index contributed by atoms with van der Waals surface area (Å²) in [7, 11) is 1.29. The first-order valence-corrected chi connectivity index (χ1v) is 11.6. The number of methoxy groups -OCH3 is 1. The number of fused-ring (bicyclic) bond motifs is 1. The van der Waals surface area contributed by atoms with E-state index in [0.29, 0.717) is 32.5 Å². The van der Waals surface area contributed by atoms with Crippen LogP contribution in [0.1, 0.15) is 15.9 Å². The maximum absolute atomic E-state index is 13.4. The Morgan fingerprint density at radius 3 is 2.56 bits per heavy atom. The lowest BCUT2D eigenvalue weighted by Crippen LogP contribution is -2.23. The topological polar surface area (TPSA) is 90.3 Å². The summed E-state index contributed by atoms with van der Waals surface area (Å²) in [6.45, 7) is 1.91. The van der Waals surface area contributed by atoms with Gasteiger partial charge in [-0.05, 0) is 55.0 Å². The van der Waals surface area contributed by atoms with Gasteiger partial charge in [0.15, 0.2) is 5.16 Å². The number of nitrogens with zero attached hydrogens (tertiary/aromatic N) is 2. The van der Waals surface area contributed by atoms with Crippen LogP contribution >= 0.6 is 23.4 Å². The Kier molecular flexibility index (Phi) is 7.00. The first-order chi connectivity index (χ1) is 16.4. The van der Waals surface area contributed by atoms with Crippen LogP contribution in [0.5, 0.6) is 0 Å². The number of benzene rings is 3. The van der Waals surface area contributed by atoms with Crippen molar-refractivity contribution in [1.82, 2.24) is 9.55 Å². The van der Waals surface area contributed by atoms with Crippen LogP contribution in [0.3, 0.4) is 0 Å². The van der Waals surface area contributed by atoms with E-state index in [1.54, 1.807) is 30.3 Å². The standard InChI is InChI=1S/C25H20ClN3O4S/c1-15-8-11-20(19(26)12-15)27-22(30)14-34-25-28-21-13-16(24(32)33-2)9-10-18(21)23(31)29(25)17-6-4-3-5-7-17/h3-13H,14H2,1-2H3,(H,27,30). The predicted octanol–water partition coefficient (Wildman–Crippen LogP) is 4.86. The molecule has 1 amide bonds. The van der Waals surface area contributed by atoms with Crippen molar-refractivity contribution in [2.75, 3.05) is 18.2 Å². The van der Waals surface area contributed by atoms with E-state index in [1.165, 1.54) is 23.8 Å². The monoisotopic (exact) mass is 493 g/mol. The van der Waals surface area contributed by atoms with Crippen LogP contribution in [0.25, 0.3) is 16.6 Å². The quantitative estimate of drug-likeness (QED) is 0.234. The maximum atomic E-state index is 13.4. The lowest BCUT2D eigenvalue weighted by atomic mass is 10.1. The van der Waals surface area contributed by atoms with Gasteiger partial charge >= 0.3 is 5.97 Å². The molecule has 0 aliphatic carbocycles. The van der Waals surface area contributed by atoms with Crippen molar-refractivity contribution < 1.29 is 14.3 Å². The number of esters is 1. The largest absolute Gasteiger partial charge is 0.465 e. The summed E-state index contributed by atoms with van der Waals surface area (Å²) in [6.07, 6.45) is 0. The number of hydrogen-bond acceptors (Lipinski definition) is 6. The molecule has 0 aliphatic heterocycles. The second-order valence-corrected chi connectivity index (χ2v) is 8.76. The lowest BCUT2D eigenvalue weighted by molar-refractivity contribution is -0.113. The number of rotatable bonds is 6. The number of hydrogen-bond donors (Lipinski definition) is 1. The van der Waals surface area contributed by atoms with Crippen LogP contribution in [-0.4, -0.2) is 34.3 Å². The Balaban J connectivity index is 1.71. The smallest absolute Gasteiger partial charge is 0.337 e. The number of para-hydroxylation sites is 1. The predicted molar refractivity (Wildman–Crippen MR) is 134 cm³/mol. The van der Waals surface area contributed by atoms with Gasteiger partial charge in [0, 0.05) is 0 Å². The van der Waals surface area contributed by atoms with Gasteiger partial charge in [0.05, 0.1) is 45.7 Å². The highest BCUT2D eigenvalue weighted by atomic mass is 35.5. The van der Waals surface area contributed by atoms with E-state index < -0.39 is 5.97 Å². The molecule has 9 heteroatoms. The molecule has 4 rings (SSSR count). The number of aryl methyl sites for hydroxylation is 1. The summed E-state index contributed by atoms with van der Waals surface area (Å²) in [5, 5.41) is 3.89. The average molecular weight is 494 g/mol. The van der Waals surface area contributed by atoms with Gasteiger partial charge in [-0.3, -0.25) is 14.2 Å². The first-order valence-electron chi connectivity index (χ1n) is 10.3. The lowest BCUT2D eigenvalue weighted by Gasteiger charge is -2.14. The van der Waals surface area contributed by atoms with Gasteiger partial charge in [0.1, 0.15) is 0 Å². The van der Waals surface area contributed by atoms with Crippen molar-refractivity contribution >= 4 is 51.8 Å². The summed E-state index contributed by atoms with van der Waals surface area (Å²) in [4.78, 5) is 42.6. The van der Waals surface area contributed by atoms with Crippen molar-refractivity contribution in [2.45, 2.75) is 12.1 Å². The molecule has 34 heavy (non-hydrogen) atoms. The fourth-order valence-electron chi connectivity index (χ4n) is 3.35. The van der Waals surface area contributed by atoms with E-state index in [4.69, 9.17) is 16.3 Å². The molecule has 0 atom stereocenters. The molecule has 1 heterocycles. The Hall–Kier alpha value is -3.62. The number of halogens is 1. The third-order valence-corrected chi connectivity index (χ3v) is 6.26. The Morgan fingerprint density at radius 2 is 1.85 bits per heavy atom. The molecular formula is C25H20ClN3O4S. The fourth-order valence-corrected chi connectivity index (χ4v) is 4.44. The van der Waals surface area contributed by atoms with Crippen LogP contribution in [0.4, 0.5) is 5.69 Å². The summed E-state index contributed by atoms with van der Waals surface area (Å²) in [6, 6.07) is 19.0. The van der Waals surface area contributed by atoms with Crippen molar-refractivity contribution in [3.05, 3.63) is 93.2 Å². The van der Waals surface area contributed by atoms with E-state index in [0.717, 1.165) is 17.3 Å². The van der Waals surface area contributed by atoms with Crippen molar-refractivity contribution in [1.29, 1.82) is 0 Å². The Morgan fingerprint density at radius 1 is 1.09 bits per heavy atom. The number of thioether (sulfide) groups is 1. The number of carbonyl (C=O) groups is 2. The van der Waals surface area contributed by atoms with E-state index in [9.17, 15) is 14.4 Å². The van der Waals surface area contributed by atoms with E-state index in [2.05, 4.69) is 10.3 Å². The summed E-state index contributed by atoms with van der Waals surface area (Å²) in [5.41, 5.74) is 2.41. The molecule has 1 N–H and O–H groups in total. The van der Waals surface area contributed by atoms with Crippen molar-refractivity contribution in [2.24, 2.45) is 0 Å². The molecule has 3 aromatic carbocycles. The van der Waals surface area contributed by atoms with Gasteiger partial charge in [0.2, 0.25) is 5.91 Å². The zero-order chi connectivity index (χ0) is 24.2. The molecule has 0 saturated carbocycles. The van der Waals surface area contributed by atoms with Crippen LogP contribution < -0.4 is 10.9 Å². The number of ether oxygens (including phenoxy) is 1. The van der Waals surface area contributed by atoms with Crippen LogP contribution in [0, 0.1) is 6.92 Å². The normalized spacial score (nSPS) is 10.8. The molecule has 1 aromatic heterocycles. The van der Waals surface area contributed by atoms with E-state index in [1.807, 2.05) is 31.2 Å². The second-order valence-electron chi connectivity index (χ2n) is 7.41. The zero-order valence-electron chi connectivity index (χ0n) is 18.4. The summed E-state index contributed by atoms with van der Waals surface area (Å²) in [5.74, 6) is -0.835. The van der Waals surface area contributed by atoms with Gasteiger partial charge in [-0.1, -0.05) is 47.6 Å². The number of amides is 1. The molecule has 7 nitrogen and oxygen atoms in total. The minimum absolute atomic E-state index is 0.00826. The molecule has 0 bridgehead atoms. The molecule has 4 aromatic rings. The minimum Gasteiger partial charge on any atom is -0.465 e. The van der Waals surface area contributed by atoms with E-state index in [-0.39, 0.29) is 22.8 Å². The number of nitrogens with one attached hydrogen (secondary N) is 1. The van der Waals surface area contributed by atoms with E-state index >= 15 is 0 Å². The fraction of sp³-hybridized carbons (Fsp3) is 0.120. The second kappa shape index (κ2) is 10.1. The van der Waals surface area contributed by atoms with Gasteiger partial charge in [0.25, 0.3) is 5.56 Å². The number of carbonyl (C=O) groups excluding carboxylic acids is 2. The van der Waals surface area contributed by atoms with Crippen LogP contribution in [0.2, 0.25) is 5.02 Å². The van der Waals surface area contributed by atoms with Crippen molar-refractivity contribution in [3.8, 4) is 5.69 Å². The van der Waals surface area contributed by atoms with Crippen molar-refractivity contribution in [3.63, 3.8) is 0 Å². The number of aromatic nitrogens is 2. The first kappa shape index (κ1) is 23.5. The molecule has 0 saturated heterocycles. The highest BCUT2D eigenvalue weighted by Crippen LogP contribution is 2.25. The third kappa shape index (κ3) is 4.98. The van der Waals surface area contributed by atoms with Gasteiger partial charge in [-0.25, -0.2) is 9.78 Å². The Labute approximate surface area is 204 Å². The Bertz CT molecular complexity index is 1450. The molecule has 0 radical (unpaired) electrons. The average Bonchev–Trinajstić information content (AvgIpc) is 2.84. The molecule has 172 valence electrons. The van der Waals surface area contributed by atoms with Crippen LogP contribution in [-0.2, 0) is 9.53 Å². The zero-order valence-corrected chi connectivity index (χ0v) is 19.9. The highest BCUT2D eigenvalue weighted by Gasteiger charge is 2.17. The SMILES string of the molecule is COC(=O)c1ccc2c(=O)n(-c3ccccc3)c(SCC(=O)Nc3ccc(C)cc3Cl)nc2c1. The minimum atomic E-state index is -0.528.